The van der Waals surface area contributed by atoms with E-state index in [1.165, 1.54) is 12.1 Å². The van der Waals surface area contributed by atoms with E-state index in [2.05, 4.69) is 4.74 Å². The molecule has 106 valence electrons. The van der Waals surface area contributed by atoms with Crippen LogP contribution in [0.1, 0.15) is 24.2 Å². The van der Waals surface area contributed by atoms with E-state index in [4.69, 9.17) is 4.74 Å². The number of halogens is 3. The molecule has 0 fully saturated rings. The van der Waals surface area contributed by atoms with Crippen LogP contribution in [0.5, 0.6) is 11.5 Å². The number of benzene rings is 1. The lowest BCUT2D eigenvalue weighted by Crippen LogP contribution is -2.26. The lowest BCUT2D eigenvalue weighted by Gasteiger charge is -2.18. The SMILES string of the molecule is CC(C)Oc1cccc(OCC(F)(F)F)c1C(=O)[O-]. The van der Waals surface area contributed by atoms with Crippen molar-refractivity contribution in [1.29, 1.82) is 0 Å². The second kappa shape index (κ2) is 5.81. The normalized spacial score (nSPS) is 11.5. The fraction of sp³-hybridized carbons (Fsp3) is 0.417. The first-order valence-electron chi connectivity index (χ1n) is 5.41. The highest BCUT2D eigenvalue weighted by Gasteiger charge is 2.29. The van der Waals surface area contributed by atoms with Gasteiger partial charge in [0.1, 0.15) is 11.5 Å². The van der Waals surface area contributed by atoms with Gasteiger partial charge in [-0.1, -0.05) is 6.07 Å². The Balaban J connectivity index is 3.06. The van der Waals surface area contributed by atoms with Gasteiger partial charge in [-0.2, -0.15) is 13.2 Å². The van der Waals surface area contributed by atoms with Crippen molar-refractivity contribution in [3.8, 4) is 11.5 Å². The predicted molar refractivity (Wildman–Crippen MR) is 58.1 cm³/mol. The summed E-state index contributed by atoms with van der Waals surface area (Å²) in [5.41, 5.74) is -0.527. The summed E-state index contributed by atoms with van der Waals surface area (Å²) in [5, 5.41) is 11.0. The lowest BCUT2D eigenvalue weighted by molar-refractivity contribution is -0.255. The van der Waals surface area contributed by atoms with E-state index in [9.17, 15) is 23.1 Å². The minimum atomic E-state index is -4.56. The topological polar surface area (TPSA) is 58.6 Å². The summed E-state index contributed by atoms with van der Waals surface area (Å²) in [4.78, 5) is 11.0. The number of carboxylic acid groups (broad SMARTS) is 1. The molecule has 0 spiro atoms. The largest absolute Gasteiger partial charge is 0.545 e. The van der Waals surface area contributed by atoms with Crippen LogP contribution in [0.4, 0.5) is 13.2 Å². The van der Waals surface area contributed by atoms with Crippen molar-refractivity contribution in [3.05, 3.63) is 23.8 Å². The second-order valence-corrected chi connectivity index (χ2v) is 3.99. The third-order valence-electron chi connectivity index (χ3n) is 1.95. The van der Waals surface area contributed by atoms with Crippen molar-refractivity contribution in [2.75, 3.05) is 6.61 Å². The smallest absolute Gasteiger partial charge is 0.422 e. The predicted octanol–water partition coefficient (Wildman–Crippen LogP) is 1.78. The minimum absolute atomic E-state index is 0.0883. The summed E-state index contributed by atoms with van der Waals surface area (Å²) in [6.45, 7) is 1.73. The average molecular weight is 277 g/mol. The van der Waals surface area contributed by atoms with E-state index in [1.54, 1.807) is 13.8 Å². The zero-order valence-corrected chi connectivity index (χ0v) is 10.3. The third-order valence-corrected chi connectivity index (χ3v) is 1.95. The van der Waals surface area contributed by atoms with E-state index in [-0.39, 0.29) is 11.9 Å². The van der Waals surface area contributed by atoms with Gasteiger partial charge in [-0.3, -0.25) is 0 Å². The van der Waals surface area contributed by atoms with Crippen molar-refractivity contribution < 1.29 is 32.5 Å². The second-order valence-electron chi connectivity index (χ2n) is 3.99. The van der Waals surface area contributed by atoms with Gasteiger partial charge in [0.05, 0.1) is 17.6 Å². The molecule has 0 unspecified atom stereocenters. The van der Waals surface area contributed by atoms with E-state index in [0.29, 0.717) is 0 Å². The van der Waals surface area contributed by atoms with Crippen LogP contribution in [0, 0.1) is 0 Å². The van der Waals surface area contributed by atoms with Gasteiger partial charge in [-0.15, -0.1) is 0 Å². The molecule has 1 aromatic carbocycles. The van der Waals surface area contributed by atoms with E-state index >= 15 is 0 Å². The maximum atomic E-state index is 12.1. The number of rotatable bonds is 5. The van der Waals surface area contributed by atoms with Crippen LogP contribution in [0.2, 0.25) is 0 Å². The van der Waals surface area contributed by atoms with Crippen molar-refractivity contribution in [2.45, 2.75) is 26.1 Å². The average Bonchev–Trinajstić information content (AvgIpc) is 2.24. The number of carbonyl (C=O) groups is 1. The Labute approximate surface area is 107 Å². The first-order valence-corrected chi connectivity index (χ1v) is 5.41. The standard InChI is InChI=1S/C12H13F3O4/c1-7(2)19-9-5-3-4-8(10(9)11(16)17)18-6-12(13,14)15/h3-5,7H,6H2,1-2H3,(H,16,17)/p-1. The van der Waals surface area contributed by atoms with E-state index in [0.717, 1.165) is 6.07 Å². The van der Waals surface area contributed by atoms with Crippen LogP contribution in [-0.2, 0) is 0 Å². The van der Waals surface area contributed by atoms with Gasteiger partial charge in [0.15, 0.2) is 6.61 Å². The highest BCUT2D eigenvalue weighted by atomic mass is 19.4. The van der Waals surface area contributed by atoms with Crippen LogP contribution in [0.15, 0.2) is 18.2 Å². The molecule has 4 nitrogen and oxygen atoms in total. The molecule has 0 amide bonds. The molecule has 0 N–H and O–H groups in total. The van der Waals surface area contributed by atoms with Crippen molar-refractivity contribution in [2.24, 2.45) is 0 Å². The first kappa shape index (κ1) is 15.1. The van der Waals surface area contributed by atoms with Gasteiger partial charge in [0.2, 0.25) is 0 Å². The summed E-state index contributed by atoms with van der Waals surface area (Å²) in [6.07, 6.45) is -4.89. The van der Waals surface area contributed by atoms with Crippen molar-refractivity contribution in [1.82, 2.24) is 0 Å². The highest BCUT2D eigenvalue weighted by molar-refractivity contribution is 5.92. The molecular formula is C12H12F3O4-. The van der Waals surface area contributed by atoms with Crippen LogP contribution in [-0.4, -0.2) is 24.9 Å². The summed E-state index contributed by atoms with van der Waals surface area (Å²) in [7, 11) is 0. The molecule has 0 radical (unpaired) electrons. The number of hydrogen-bond donors (Lipinski definition) is 0. The molecule has 0 bridgehead atoms. The van der Waals surface area contributed by atoms with Crippen LogP contribution in [0.25, 0.3) is 0 Å². The lowest BCUT2D eigenvalue weighted by atomic mass is 10.1. The number of hydrogen-bond acceptors (Lipinski definition) is 4. The molecule has 7 heteroatoms. The van der Waals surface area contributed by atoms with Gasteiger partial charge in [-0.05, 0) is 26.0 Å². The Bertz CT molecular complexity index is 455. The Morgan fingerprint density at radius 2 is 1.89 bits per heavy atom. The molecule has 0 aromatic heterocycles. The number of carbonyl (C=O) groups excluding carboxylic acids is 1. The fourth-order valence-electron chi connectivity index (χ4n) is 1.34. The zero-order chi connectivity index (χ0) is 14.6. The number of alkyl halides is 3. The van der Waals surface area contributed by atoms with Gasteiger partial charge < -0.3 is 19.4 Å². The van der Waals surface area contributed by atoms with Gasteiger partial charge in [0, 0.05) is 0 Å². The molecule has 0 saturated heterocycles. The van der Waals surface area contributed by atoms with Gasteiger partial charge in [-0.25, -0.2) is 0 Å². The Morgan fingerprint density at radius 3 is 2.37 bits per heavy atom. The maximum Gasteiger partial charge on any atom is 0.422 e. The molecule has 0 aliphatic rings. The molecule has 0 atom stereocenters. The molecule has 0 heterocycles. The molecule has 0 aliphatic heterocycles. The zero-order valence-electron chi connectivity index (χ0n) is 10.3. The quantitative estimate of drug-likeness (QED) is 0.823. The molecular weight excluding hydrogens is 265 g/mol. The molecule has 1 rings (SSSR count). The fourth-order valence-corrected chi connectivity index (χ4v) is 1.34. The Hall–Kier alpha value is -1.92. The van der Waals surface area contributed by atoms with E-state index < -0.39 is 30.1 Å². The van der Waals surface area contributed by atoms with E-state index in [1.807, 2.05) is 0 Å². The number of ether oxygens (including phenoxy) is 2. The van der Waals surface area contributed by atoms with Crippen LogP contribution in [0.3, 0.4) is 0 Å². The summed E-state index contributed by atoms with van der Waals surface area (Å²) in [6, 6.07) is 3.78. The van der Waals surface area contributed by atoms with Crippen LogP contribution < -0.4 is 14.6 Å². The molecule has 1 aromatic rings. The summed E-state index contributed by atoms with van der Waals surface area (Å²) >= 11 is 0. The van der Waals surface area contributed by atoms with Gasteiger partial charge in [0.25, 0.3) is 0 Å². The van der Waals surface area contributed by atoms with Gasteiger partial charge >= 0.3 is 6.18 Å². The minimum Gasteiger partial charge on any atom is -0.545 e. The summed E-state index contributed by atoms with van der Waals surface area (Å²) < 4.78 is 45.9. The molecule has 0 saturated carbocycles. The molecule has 0 aliphatic carbocycles. The monoisotopic (exact) mass is 277 g/mol. The first-order chi connectivity index (χ1) is 8.70. The van der Waals surface area contributed by atoms with Crippen molar-refractivity contribution in [3.63, 3.8) is 0 Å². The third kappa shape index (κ3) is 4.69. The molecule has 19 heavy (non-hydrogen) atoms. The van der Waals surface area contributed by atoms with Crippen LogP contribution >= 0.6 is 0 Å². The number of carboxylic acids is 1. The van der Waals surface area contributed by atoms with Crippen molar-refractivity contribution >= 4 is 5.97 Å². The maximum absolute atomic E-state index is 12.1. The number of aromatic carboxylic acids is 1. The summed E-state index contributed by atoms with van der Waals surface area (Å²) in [5.74, 6) is -2.18. The highest BCUT2D eigenvalue weighted by Crippen LogP contribution is 2.30. The Morgan fingerprint density at radius 1 is 1.32 bits per heavy atom. The Kier molecular flexibility index (Phi) is 4.63.